The van der Waals surface area contributed by atoms with Crippen molar-refractivity contribution >= 4 is 16.8 Å². The van der Waals surface area contributed by atoms with Gasteiger partial charge in [-0.25, -0.2) is 4.98 Å². The molecule has 0 aliphatic heterocycles. The topological polar surface area (TPSA) is 42.9 Å². The van der Waals surface area contributed by atoms with Crippen molar-refractivity contribution in [3.05, 3.63) is 71.5 Å². The minimum Gasteiger partial charge on any atom is -0.292 e. The number of hydrogen-bond donors (Lipinski definition) is 0. The van der Waals surface area contributed by atoms with Crippen LogP contribution in [0.4, 0.5) is 0 Å². The maximum atomic E-state index is 12.3. The van der Waals surface area contributed by atoms with Crippen molar-refractivity contribution < 1.29 is 4.79 Å². The summed E-state index contributed by atoms with van der Waals surface area (Å²) in [7, 11) is 0. The zero-order valence-electron chi connectivity index (χ0n) is 11.2. The molecule has 0 fully saturated rings. The van der Waals surface area contributed by atoms with Crippen LogP contribution in [0.15, 0.2) is 54.7 Å². The maximum absolute atomic E-state index is 12.3. The Morgan fingerprint density at radius 1 is 1.00 bits per heavy atom. The largest absolute Gasteiger partial charge is 0.292 e. The Labute approximate surface area is 117 Å². The second-order valence-corrected chi connectivity index (χ2v) is 4.77. The highest BCUT2D eigenvalue weighted by Gasteiger charge is 2.11. The third kappa shape index (κ3) is 2.43. The number of ketones is 1. The highest BCUT2D eigenvalue weighted by Crippen LogP contribution is 2.13. The average molecular weight is 262 g/mol. The van der Waals surface area contributed by atoms with Crippen molar-refractivity contribution in [2.45, 2.75) is 13.3 Å². The Morgan fingerprint density at radius 2 is 1.70 bits per heavy atom. The molecule has 0 spiro atoms. The Morgan fingerprint density at radius 3 is 2.50 bits per heavy atom. The lowest BCUT2D eigenvalue weighted by atomic mass is 10.0. The normalized spacial score (nSPS) is 10.7. The first kappa shape index (κ1) is 12.5. The molecule has 0 saturated heterocycles. The van der Waals surface area contributed by atoms with Gasteiger partial charge in [0.05, 0.1) is 17.2 Å². The molecule has 0 unspecified atom stereocenters. The standard InChI is InChI=1S/C17H14N2O/c1-12-6-2-3-7-13(12)10-17(20)16-11-18-14-8-4-5-9-15(14)19-16/h2-9,11H,10H2,1H3. The Hall–Kier alpha value is -2.55. The fourth-order valence-corrected chi connectivity index (χ4v) is 2.16. The average Bonchev–Trinajstić information content (AvgIpc) is 2.49. The molecule has 20 heavy (non-hydrogen) atoms. The van der Waals surface area contributed by atoms with Gasteiger partial charge in [0, 0.05) is 6.42 Å². The second kappa shape index (κ2) is 5.21. The molecule has 98 valence electrons. The van der Waals surface area contributed by atoms with Gasteiger partial charge in [-0.2, -0.15) is 0 Å². The third-order valence-corrected chi connectivity index (χ3v) is 3.35. The van der Waals surface area contributed by atoms with E-state index in [-0.39, 0.29) is 5.78 Å². The van der Waals surface area contributed by atoms with Gasteiger partial charge in [-0.3, -0.25) is 9.78 Å². The van der Waals surface area contributed by atoms with E-state index < -0.39 is 0 Å². The summed E-state index contributed by atoms with van der Waals surface area (Å²) >= 11 is 0. The Balaban J connectivity index is 1.91. The van der Waals surface area contributed by atoms with E-state index >= 15 is 0 Å². The number of para-hydroxylation sites is 2. The summed E-state index contributed by atoms with van der Waals surface area (Å²) in [6, 6.07) is 15.5. The number of rotatable bonds is 3. The van der Waals surface area contributed by atoms with Gasteiger partial charge in [-0.15, -0.1) is 0 Å². The lowest BCUT2D eigenvalue weighted by molar-refractivity contribution is 0.0988. The van der Waals surface area contributed by atoms with Crippen LogP contribution < -0.4 is 0 Å². The molecule has 1 heterocycles. The summed E-state index contributed by atoms with van der Waals surface area (Å²) in [5, 5.41) is 0. The first-order chi connectivity index (χ1) is 9.74. The van der Waals surface area contributed by atoms with Gasteiger partial charge in [0.25, 0.3) is 0 Å². The molecule has 3 aromatic rings. The molecule has 3 nitrogen and oxygen atoms in total. The van der Waals surface area contributed by atoms with Crippen molar-refractivity contribution in [2.24, 2.45) is 0 Å². The number of nitrogens with zero attached hydrogens (tertiary/aromatic N) is 2. The molecule has 0 aliphatic rings. The van der Waals surface area contributed by atoms with E-state index in [9.17, 15) is 4.79 Å². The van der Waals surface area contributed by atoms with Crippen molar-refractivity contribution in [3.63, 3.8) is 0 Å². The zero-order chi connectivity index (χ0) is 13.9. The fourth-order valence-electron chi connectivity index (χ4n) is 2.16. The Kier molecular flexibility index (Phi) is 3.25. The molecule has 2 aromatic carbocycles. The van der Waals surface area contributed by atoms with Crippen LogP contribution in [-0.4, -0.2) is 15.8 Å². The van der Waals surface area contributed by atoms with Crippen LogP contribution in [0.3, 0.4) is 0 Å². The van der Waals surface area contributed by atoms with E-state index in [1.165, 1.54) is 0 Å². The SMILES string of the molecule is Cc1ccccc1CC(=O)c1cnc2ccccc2n1. The molecule has 0 N–H and O–H groups in total. The second-order valence-electron chi connectivity index (χ2n) is 4.77. The minimum atomic E-state index is -0.00227. The third-order valence-electron chi connectivity index (χ3n) is 3.35. The predicted molar refractivity (Wildman–Crippen MR) is 78.8 cm³/mol. The number of carbonyl (C=O) groups excluding carboxylic acids is 1. The minimum absolute atomic E-state index is 0.00227. The summed E-state index contributed by atoms with van der Waals surface area (Å²) < 4.78 is 0. The first-order valence-electron chi connectivity index (χ1n) is 6.53. The van der Waals surface area contributed by atoms with E-state index in [1.54, 1.807) is 6.20 Å². The first-order valence-corrected chi connectivity index (χ1v) is 6.53. The van der Waals surface area contributed by atoms with E-state index in [4.69, 9.17) is 0 Å². The summed E-state index contributed by atoms with van der Waals surface area (Å²) in [5.74, 6) is -0.00227. The number of fused-ring (bicyclic) bond motifs is 1. The molecule has 3 heteroatoms. The molecule has 1 aromatic heterocycles. The maximum Gasteiger partial charge on any atom is 0.187 e. The van der Waals surface area contributed by atoms with Crippen LogP contribution in [0.5, 0.6) is 0 Å². The van der Waals surface area contributed by atoms with E-state index in [0.717, 1.165) is 22.2 Å². The van der Waals surface area contributed by atoms with Crippen molar-refractivity contribution in [1.82, 2.24) is 9.97 Å². The Bertz CT molecular complexity index is 781. The number of Topliss-reactive ketones (excluding diaryl/α,β-unsaturated/α-hetero) is 1. The lowest BCUT2D eigenvalue weighted by Crippen LogP contribution is -2.07. The van der Waals surface area contributed by atoms with Gasteiger partial charge in [0.1, 0.15) is 5.69 Å². The molecule has 3 rings (SSSR count). The number of hydrogen-bond acceptors (Lipinski definition) is 3. The molecule has 0 atom stereocenters. The predicted octanol–water partition coefficient (Wildman–Crippen LogP) is 3.36. The van der Waals surface area contributed by atoms with Crippen molar-refractivity contribution in [1.29, 1.82) is 0 Å². The highest BCUT2D eigenvalue weighted by molar-refractivity contribution is 5.97. The quantitative estimate of drug-likeness (QED) is 0.680. The van der Waals surface area contributed by atoms with Gasteiger partial charge in [0.2, 0.25) is 0 Å². The molecular formula is C17H14N2O. The van der Waals surface area contributed by atoms with E-state index in [1.807, 2.05) is 55.5 Å². The van der Waals surface area contributed by atoms with Crippen LogP contribution in [0.2, 0.25) is 0 Å². The lowest BCUT2D eigenvalue weighted by Gasteiger charge is -2.05. The molecule has 0 aliphatic carbocycles. The van der Waals surface area contributed by atoms with Crippen LogP contribution in [-0.2, 0) is 6.42 Å². The van der Waals surface area contributed by atoms with Gasteiger partial charge in [0.15, 0.2) is 5.78 Å². The van der Waals surface area contributed by atoms with Crippen molar-refractivity contribution in [3.8, 4) is 0 Å². The zero-order valence-corrected chi connectivity index (χ0v) is 11.2. The van der Waals surface area contributed by atoms with Crippen molar-refractivity contribution in [2.75, 3.05) is 0 Å². The van der Waals surface area contributed by atoms with Crippen LogP contribution in [0, 0.1) is 6.92 Å². The summed E-state index contributed by atoms with van der Waals surface area (Å²) in [5.41, 5.74) is 4.14. The fraction of sp³-hybridized carbons (Fsp3) is 0.118. The van der Waals surface area contributed by atoms with E-state index in [0.29, 0.717) is 12.1 Å². The van der Waals surface area contributed by atoms with Gasteiger partial charge in [-0.05, 0) is 30.2 Å². The highest BCUT2D eigenvalue weighted by atomic mass is 16.1. The van der Waals surface area contributed by atoms with Crippen LogP contribution in [0.1, 0.15) is 21.6 Å². The summed E-state index contributed by atoms with van der Waals surface area (Å²) in [6.07, 6.45) is 1.92. The van der Waals surface area contributed by atoms with Crippen LogP contribution in [0.25, 0.3) is 11.0 Å². The summed E-state index contributed by atoms with van der Waals surface area (Å²) in [4.78, 5) is 21.0. The molecule has 0 radical (unpaired) electrons. The van der Waals surface area contributed by atoms with Gasteiger partial charge < -0.3 is 0 Å². The van der Waals surface area contributed by atoms with Gasteiger partial charge >= 0.3 is 0 Å². The van der Waals surface area contributed by atoms with Gasteiger partial charge in [-0.1, -0.05) is 36.4 Å². The van der Waals surface area contributed by atoms with Crippen LogP contribution >= 0.6 is 0 Å². The number of aromatic nitrogens is 2. The molecular weight excluding hydrogens is 248 g/mol. The number of benzene rings is 2. The summed E-state index contributed by atoms with van der Waals surface area (Å²) in [6.45, 7) is 2.01. The molecule has 0 saturated carbocycles. The molecule has 0 bridgehead atoms. The monoisotopic (exact) mass is 262 g/mol. The smallest absolute Gasteiger partial charge is 0.187 e. The number of aryl methyl sites for hydroxylation is 1. The number of carbonyl (C=O) groups is 1. The van der Waals surface area contributed by atoms with E-state index in [2.05, 4.69) is 9.97 Å². The molecule has 0 amide bonds.